The van der Waals surface area contributed by atoms with E-state index in [0.29, 0.717) is 19.8 Å². The van der Waals surface area contributed by atoms with Crippen LogP contribution in [0.3, 0.4) is 0 Å². The molecule has 134 valence electrons. The Hall–Kier alpha value is -1.68. The molecule has 1 aromatic rings. The molecule has 1 saturated heterocycles. The lowest BCUT2D eigenvalue weighted by Gasteiger charge is -2.26. The number of hydrogen-bond acceptors (Lipinski definition) is 6. The number of benzene rings is 1. The molecule has 0 spiro atoms. The number of methoxy groups -OCH3 is 1. The molecule has 2 rings (SSSR count). The van der Waals surface area contributed by atoms with Crippen molar-refractivity contribution in [2.75, 3.05) is 40.0 Å². The van der Waals surface area contributed by atoms with Crippen molar-refractivity contribution in [1.82, 2.24) is 9.62 Å². The highest BCUT2D eigenvalue weighted by Gasteiger charge is 2.30. The van der Waals surface area contributed by atoms with Crippen molar-refractivity contribution in [3.63, 3.8) is 0 Å². The van der Waals surface area contributed by atoms with E-state index in [1.165, 1.54) is 29.6 Å². The Bertz CT molecular complexity index is 686. The predicted octanol–water partition coefficient (Wildman–Crippen LogP) is -0.207. The van der Waals surface area contributed by atoms with Crippen LogP contribution in [0.4, 0.5) is 0 Å². The number of morpholine rings is 1. The third-order valence-corrected chi connectivity index (χ3v) is 5.66. The Morgan fingerprint density at radius 1 is 1.42 bits per heavy atom. The van der Waals surface area contributed by atoms with Gasteiger partial charge in [0.2, 0.25) is 10.0 Å². The summed E-state index contributed by atoms with van der Waals surface area (Å²) in [5.41, 5.74) is 5.73. The third-order valence-electron chi connectivity index (χ3n) is 3.74. The van der Waals surface area contributed by atoms with Gasteiger partial charge in [0, 0.05) is 31.2 Å². The van der Waals surface area contributed by atoms with Gasteiger partial charge in [0.1, 0.15) is 10.6 Å². The first kappa shape index (κ1) is 18.7. The molecule has 0 saturated carbocycles. The number of ether oxygens (including phenoxy) is 2. The van der Waals surface area contributed by atoms with Crippen LogP contribution in [0.1, 0.15) is 17.3 Å². The van der Waals surface area contributed by atoms with Gasteiger partial charge < -0.3 is 20.5 Å². The number of hydrogen-bond donors (Lipinski definition) is 2. The van der Waals surface area contributed by atoms with E-state index in [2.05, 4.69) is 5.32 Å². The van der Waals surface area contributed by atoms with E-state index >= 15 is 0 Å². The Morgan fingerprint density at radius 3 is 2.67 bits per heavy atom. The third kappa shape index (κ3) is 4.04. The van der Waals surface area contributed by atoms with Crippen LogP contribution in [-0.4, -0.2) is 64.6 Å². The largest absolute Gasteiger partial charge is 0.495 e. The second kappa shape index (κ2) is 7.93. The monoisotopic (exact) mass is 357 g/mol. The van der Waals surface area contributed by atoms with E-state index in [1.54, 1.807) is 6.92 Å². The fourth-order valence-electron chi connectivity index (χ4n) is 2.31. The second-order valence-corrected chi connectivity index (χ2v) is 7.40. The van der Waals surface area contributed by atoms with Gasteiger partial charge in [-0.2, -0.15) is 4.31 Å². The molecule has 1 heterocycles. The number of nitrogens with one attached hydrogen (secondary N) is 1. The summed E-state index contributed by atoms with van der Waals surface area (Å²) in [6.07, 6.45) is 0. The molecule has 1 fully saturated rings. The average molecular weight is 357 g/mol. The lowest BCUT2D eigenvalue weighted by Crippen LogP contribution is -2.41. The van der Waals surface area contributed by atoms with E-state index in [9.17, 15) is 13.2 Å². The fraction of sp³-hybridized carbons (Fsp3) is 0.533. The van der Waals surface area contributed by atoms with Crippen molar-refractivity contribution in [3.8, 4) is 5.75 Å². The standard InChI is InChI=1S/C15H23N3O5S/c1-11(10-16)17-15(19)12-3-4-13(22-2)14(9-12)24(20,21)18-5-7-23-8-6-18/h3-4,9,11H,5-8,10,16H2,1-2H3,(H,17,19)/t11-/m0/s1. The normalized spacial score (nSPS) is 17.3. The maximum Gasteiger partial charge on any atom is 0.251 e. The fourth-order valence-corrected chi connectivity index (χ4v) is 3.90. The van der Waals surface area contributed by atoms with Gasteiger partial charge in [0.15, 0.2) is 0 Å². The zero-order chi connectivity index (χ0) is 17.7. The molecule has 1 aromatic carbocycles. The maximum absolute atomic E-state index is 12.9. The summed E-state index contributed by atoms with van der Waals surface area (Å²) in [7, 11) is -2.38. The van der Waals surface area contributed by atoms with Crippen LogP contribution in [0.5, 0.6) is 5.75 Å². The van der Waals surface area contributed by atoms with Crippen LogP contribution in [0.2, 0.25) is 0 Å². The molecule has 1 aliphatic heterocycles. The van der Waals surface area contributed by atoms with E-state index < -0.39 is 10.0 Å². The summed E-state index contributed by atoms with van der Waals surface area (Å²) in [5, 5.41) is 2.71. The molecule has 24 heavy (non-hydrogen) atoms. The number of nitrogens with two attached hydrogens (primary N) is 1. The van der Waals surface area contributed by atoms with Crippen LogP contribution in [0, 0.1) is 0 Å². The van der Waals surface area contributed by atoms with Crippen molar-refractivity contribution < 1.29 is 22.7 Å². The molecule has 0 radical (unpaired) electrons. The lowest BCUT2D eigenvalue weighted by atomic mass is 10.2. The van der Waals surface area contributed by atoms with Gasteiger partial charge in [-0.3, -0.25) is 4.79 Å². The molecule has 0 unspecified atom stereocenters. The van der Waals surface area contributed by atoms with Gasteiger partial charge in [-0.1, -0.05) is 0 Å². The molecule has 0 bridgehead atoms. The van der Waals surface area contributed by atoms with Crippen molar-refractivity contribution in [3.05, 3.63) is 23.8 Å². The van der Waals surface area contributed by atoms with E-state index in [1.807, 2.05) is 0 Å². The summed E-state index contributed by atoms with van der Waals surface area (Å²) in [6, 6.07) is 4.13. The van der Waals surface area contributed by atoms with Crippen LogP contribution >= 0.6 is 0 Å². The van der Waals surface area contributed by atoms with Crippen molar-refractivity contribution in [2.24, 2.45) is 5.73 Å². The number of sulfonamides is 1. The van der Waals surface area contributed by atoms with Gasteiger partial charge in [-0.25, -0.2) is 8.42 Å². The summed E-state index contributed by atoms with van der Waals surface area (Å²) in [6.45, 7) is 3.29. The zero-order valence-electron chi connectivity index (χ0n) is 13.8. The van der Waals surface area contributed by atoms with Crippen LogP contribution in [0.15, 0.2) is 23.1 Å². The highest BCUT2D eigenvalue weighted by atomic mass is 32.2. The zero-order valence-corrected chi connectivity index (χ0v) is 14.6. The molecular formula is C15H23N3O5S. The van der Waals surface area contributed by atoms with Gasteiger partial charge in [-0.05, 0) is 25.1 Å². The molecule has 1 amide bonds. The smallest absolute Gasteiger partial charge is 0.251 e. The van der Waals surface area contributed by atoms with E-state index in [-0.39, 0.29) is 41.2 Å². The molecular weight excluding hydrogens is 334 g/mol. The summed E-state index contributed by atoms with van der Waals surface area (Å²) in [5.74, 6) is -0.182. The topological polar surface area (TPSA) is 111 Å². The van der Waals surface area contributed by atoms with Gasteiger partial charge in [-0.15, -0.1) is 0 Å². The first-order valence-corrected chi connectivity index (χ1v) is 9.11. The Morgan fingerprint density at radius 2 is 2.08 bits per heavy atom. The highest BCUT2D eigenvalue weighted by Crippen LogP contribution is 2.28. The molecule has 1 aliphatic rings. The first-order chi connectivity index (χ1) is 11.4. The molecule has 0 aliphatic carbocycles. The van der Waals surface area contributed by atoms with Crippen molar-refractivity contribution in [1.29, 1.82) is 0 Å². The number of amides is 1. The summed E-state index contributed by atoms with van der Waals surface area (Å²) < 4.78 is 37.4. The Kier molecular flexibility index (Phi) is 6.16. The number of rotatable bonds is 6. The minimum absolute atomic E-state index is 0.0278. The minimum atomic E-state index is -3.77. The van der Waals surface area contributed by atoms with Crippen LogP contribution in [-0.2, 0) is 14.8 Å². The van der Waals surface area contributed by atoms with Crippen molar-refractivity contribution in [2.45, 2.75) is 17.9 Å². The highest BCUT2D eigenvalue weighted by molar-refractivity contribution is 7.89. The van der Waals surface area contributed by atoms with E-state index in [0.717, 1.165) is 0 Å². The number of carbonyl (C=O) groups excluding carboxylic acids is 1. The SMILES string of the molecule is COc1ccc(C(=O)N[C@@H](C)CN)cc1S(=O)(=O)N1CCOCC1. The van der Waals surface area contributed by atoms with Crippen LogP contribution < -0.4 is 15.8 Å². The Balaban J connectivity index is 2.37. The lowest BCUT2D eigenvalue weighted by molar-refractivity contribution is 0.0729. The predicted molar refractivity (Wildman–Crippen MR) is 88.6 cm³/mol. The second-order valence-electron chi connectivity index (χ2n) is 5.49. The molecule has 3 N–H and O–H groups in total. The molecule has 1 atom stereocenters. The van der Waals surface area contributed by atoms with E-state index in [4.69, 9.17) is 15.2 Å². The molecule has 9 heteroatoms. The summed E-state index contributed by atoms with van der Waals surface area (Å²) >= 11 is 0. The number of carbonyl (C=O) groups is 1. The Labute approximate surface area is 142 Å². The quantitative estimate of drug-likeness (QED) is 0.729. The first-order valence-electron chi connectivity index (χ1n) is 7.67. The van der Waals surface area contributed by atoms with Gasteiger partial charge in [0.25, 0.3) is 5.91 Å². The van der Waals surface area contributed by atoms with Crippen LogP contribution in [0.25, 0.3) is 0 Å². The summed E-state index contributed by atoms with van der Waals surface area (Å²) in [4.78, 5) is 12.2. The minimum Gasteiger partial charge on any atom is -0.495 e. The maximum atomic E-state index is 12.9. The van der Waals surface area contributed by atoms with Gasteiger partial charge in [0.05, 0.1) is 20.3 Å². The number of nitrogens with zero attached hydrogens (tertiary/aromatic N) is 1. The molecule has 8 nitrogen and oxygen atoms in total. The van der Waals surface area contributed by atoms with Crippen molar-refractivity contribution >= 4 is 15.9 Å². The average Bonchev–Trinajstić information content (AvgIpc) is 2.61. The molecule has 0 aromatic heterocycles. The van der Waals surface area contributed by atoms with Gasteiger partial charge >= 0.3 is 0 Å².